The maximum Gasteiger partial charge on any atom is 0.251 e. The van der Waals surface area contributed by atoms with Crippen molar-refractivity contribution in [3.8, 4) is 0 Å². The van der Waals surface area contributed by atoms with E-state index in [2.05, 4.69) is 10.6 Å². The molecule has 1 aliphatic heterocycles. The van der Waals surface area contributed by atoms with Crippen LogP contribution < -0.4 is 10.6 Å². The van der Waals surface area contributed by atoms with Crippen LogP contribution in [0.15, 0.2) is 35.0 Å². The van der Waals surface area contributed by atoms with Gasteiger partial charge in [-0.15, -0.1) is 0 Å². The van der Waals surface area contributed by atoms with Crippen LogP contribution in [0.3, 0.4) is 0 Å². The van der Waals surface area contributed by atoms with Crippen molar-refractivity contribution in [3.05, 3.63) is 57.3 Å². The molecule has 2 heterocycles. The molecule has 0 saturated heterocycles. The predicted octanol–water partition coefficient (Wildman–Crippen LogP) is 2.28. The fourth-order valence-corrected chi connectivity index (χ4v) is 2.78. The molecule has 0 fully saturated rings. The second-order valence-electron chi connectivity index (χ2n) is 4.40. The van der Waals surface area contributed by atoms with Crippen LogP contribution in [0.1, 0.15) is 27.0 Å². The first kappa shape index (κ1) is 11.4. The molecular weight excluding hydrogens is 244 g/mol. The fraction of sp³-hybridized carbons (Fsp3) is 0.214. The van der Waals surface area contributed by atoms with Crippen molar-refractivity contribution in [2.45, 2.75) is 19.6 Å². The Kier molecular flexibility index (Phi) is 3.13. The van der Waals surface area contributed by atoms with Crippen LogP contribution in [-0.2, 0) is 19.6 Å². The monoisotopic (exact) mass is 258 g/mol. The van der Waals surface area contributed by atoms with Crippen LogP contribution in [-0.4, -0.2) is 5.91 Å². The first-order valence-corrected chi connectivity index (χ1v) is 6.89. The topological polar surface area (TPSA) is 41.1 Å². The molecule has 3 rings (SSSR count). The van der Waals surface area contributed by atoms with Crippen molar-refractivity contribution in [1.29, 1.82) is 0 Å². The minimum absolute atomic E-state index is 0.00380. The summed E-state index contributed by atoms with van der Waals surface area (Å²) < 4.78 is 0. The van der Waals surface area contributed by atoms with E-state index in [1.54, 1.807) is 11.3 Å². The number of nitrogens with one attached hydrogen (secondary N) is 2. The molecule has 4 heteroatoms. The summed E-state index contributed by atoms with van der Waals surface area (Å²) in [5, 5.41) is 10.3. The zero-order valence-corrected chi connectivity index (χ0v) is 10.7. The molecular formula is C14H14N2OS. The van der Waals surface area contributed by atoms with Crippen LogP contribution in [0, 0.1) is 0 Å². The fourth-order valence-electron chi connectivity index (χ4n) is 2.11. The molecule has 1 amide bonds. The van der Waals surface area contributed by atoms with E-state index in [-0.39, 0.29) is 5.91 Å². The molecule has 92 valence electrons. The SMILES string of the molecule is O=C(NCc1ccsc1)c1ccc2c(c1)CNC2. The van der Waals surface area contributed by atoms with E-state index >= 15 is 0 Å². The van der Waals surface area contributed by atoms with E-state index in [0.29, 0.717) is 6.54 Å². The minimum Gasteiger partial charge on any atom is -0.348 e. The van der Waals surface area contributed by atoms with Gasteiger partial charge in [0.05, 0.1) is 0 Å². The van der Waals surface area contributed by atoms with Gasteiger partial charge in [-0.3, -0.25) is 4.79 Å². The van der Waals surface area contributed by atoms with Gasteiger partial charge in [0.25, 0.3) is 5.91 Å². The Labute approximate surface area is 110 Å². The van der Waals surface area contributed by atoms with Crippen LogP contribution in [0.2, 0.25) is 0 Å². The molecule has 1 aliphatic rings. The molecule has 0 radical (unpaired) electrons. The van der Waals surface area contributed by atoms with Crippen molar-refractivity contribution < 1.29 is 4.79 Å². The van der Waals surface area contributed by atoms with Gasteiger partial charge in [0.15, 0.2) is 0 Å². The van der Waals surface area contributed by atoms with Gasteiger partial charge >= 0.3 is 0 Å². The quantitative estimate of drug-likeness (QED) is 0.887. The lowest BCUT2D eigenvalue weighted by molar-refractivity contribution is 0.0951. The summed E-state index contributed by atoms with van der Waals surface area (Å²) in [4.78, 5) is 12.0. The van der Waals surface area contributed by atoms with Gasteiger partial charge in [0.2, 0.25) is 0 Å². The molecule has 2 aromatic rings. The number of fused-ring (bicyclic) bond motifs is 1. The summed E-state index contributed by atoms with van der Waals surface area (Å²) >= 11 is 1.64. The third kappa shape index (κ3) is 2.30. The highest BCUT2D eigenvalue weighted by Gasteiger charge is 2.13. The summed E-state index contributed by atoms with van der Waals surface area (Å²) in [7, 11) is 0. The predicted molar refractivity (Wildman–Crippen MR) is 72.5 cm³/mol. The van der Waals surface area contributed by atoms with Crippen LogP contribution in [0.4, 0.5) is 0 Å². The lowest BCUT2D eigenvalue weighted by Crippen LogP contribution is -2.22. The number of thiophene rings is 1. The molecule has 0 unspecified atom stereocenters. The lowest BCUT2D eigenvalue weighted by atomic mass is 10.1. The van der Waals surface area contributed by atoms with Gasteiger partial charge in [-0.1, -0.05) is 6.07 Å². The summed E-state index contributed by atoms with van der Waals surface area (Å²) in [5.74, 6) is -0.00380. The van der Waals surface area contributed by atoms with E-state index in [1.165, 1.54) is 11.1 Å². The van der Waals surface area contributed by atoms with Gasteiger partial charge < -0.3 is 10.6 Å². The second kappa shape index (κ2) is 4.92. The normalized spacial score (nSPS) is 13.3. The molecule has 3 nitrogen and oxygen atoms in total. The molecule has 1 aromatic carbocycles. The average Bonchev–Trinajstić information content (AvgIpc) is 3.05. The highest BCUT2D eigenvalue weighted by Crippen LogP contribution is 2.17. The molecule has 0 aliphatic carbocycles. The summed E-state index contributed by atoms with van der Waals surface area (Å²) in [6.45, 7) is 2.37. The largest absolute Gasteiger partial charge is 0.348 e. The number of hydrogen-bond acceptors (Lipinski definition) is 3. The van der Waals surface area contributed by atoms with Crippen LogP contribution in [0.5, 0.6) is 0 Å². The Morgan fingerprint density at radius 1 is 1.28 bits per heavy atom. The molecule has 18 heavy (non-hydrogen) atoms. The van der Waals surface area contributed by atoms with Crippen molar-refractivity contribution in [3.63, 3.8) is 0 Å². The number of amides is 1. The third-order valence-corrected chi connectivity index (χ3v) is 3.86. The number of rotatable bonds is 3. The maximum absolute atomic E-state index is 12.0. The Balaban J connectivity index is 1.69. The number of carbonyl (C=O) groups is 1. The van der Waals surface area contributed by atoms with Crippen LogP contribution >= 0.6 is 11.3 Å². The van der Waals surface area contributed by atoms with E-state index in [0.717, 1.165) is 24.2 Å². The Hall–Kier alpha value is -1.65. The first-order chi connectivity index (χ1) is 8.83. The first-order valence-electron chi connectivity index (χ1n) is 5.95. The Morgan fingerprint density at radius 2 is 2.17 bits per heavy atom. The average molecular weight is 258 g/mol. The Bertz CT molecular complexity index is 563. The van der Waals surface area contributed by atoms with Crippen molar-refractivity contribution >= 4 is 17.2 Å². The standard InChI is InChI=1S/C14H14N2OS/c17-14(16-6-10-3-4-18-9-10)11-1-2-12-7-15-8-13(12)5-11/h1-5,9,15H,6-8H2,(H,16,17). The number of carbonyl (C=O) groups excluding carboxylic acids is 1. The maximum atomic E-state index is 12.0. The highest BCUT2D eigenvalue weighted by molar-refractivity contribution is 7.07. The van der Waals surface area contributed by atoms with E-state index < -0.39 is 0 Å². The van der Waals surface area contributed by atoms with Crippen molar-refractivity contribution in [2.24, 2.45) is 0 Å². The summed E-state index contributed by atoms with van der Waals surface area (Å²) in [6.07, 6.45) is 0. The minimum atomic E-state index is -0.00380. The Morgan fingerprint density at radius 3 is 3.00 bits per heavy atom. The van der Waals surface area contributed by atoms with Crippen LogP contribution in [0.25, 0.3) is 0 Å². The molecule has 2 N–H and O–H groups in total. The molecule has 1 aromatic heterocycles. The van der Waals surface area contributed by atoms with Gasteiger partial charge in [-0.05, 0) is 45.6 Å². The lowest BCUT2D eigenvalue weighted by Gasteiger charge is -2.05. The zero-order chi connectivity index (χ0) is 12.4. The van der Waals surface area contributed by atoms with Gasteiger partial charge in [0.1, 0.15) is 0 Å². The van der Waals surface area contributed by atoms with Crippen molar-refractivity contribution in [1.82, 2.24) is 10.6 Å². The van der Waals surface area contributed by atoms with Gasteiger partial charge in [-0.2, -0.15) is 11.3 Å². The molecule has 0 spiro atoms. The molecule has 0 saturated carbocycles. The third-order valence-electron chi connectivity index (χ3n) is 3.13. The van der Waals surface area contributed by atoms with Crippen molar-refractivity contribution in [2.75, 3.05) is 0 Å². The van der Waals surface area contributed by atoms with E-state index in [1.807, 2.05) is 35.0 Å². The summed E-state index contributed by atoms with van der Waals surface area (Å²) in [5.41, 5.74) is 4.42. The van der Waals surface area contributed by atoms with Gasteiger partial charge in [-0.25, -0.2) is 0 Å². The molecule has 0 bridgehead atoms. The van der Waals surface area contributed by atoms with E-state index in [9.17, 15) is 4.79 Å². The zero-order valence-electron chi connectivity index (χ0n) is 9.90. The summed E-state index contributed by atoms with van der Waals surface area (Å²) in [6, 6.07) is 7.94. The highest BCUT2D eigenvalue weighted by atomic mass is 32.1. The second-order valence-corrected chi connectivity index (χ2v) is 5.18. The van der Waals surface area contributed by atoms with Gasteiger partial charge in [0, 0.05) is 25.2 Å². The van der Waals surface area contributed by atoms with E-state index in [4.69, 9.17) is 0 Å². The number of hydrogen-bond donors (Lipinski definition) is 2. The smallest absolute Gasteiger partial charge is 0.251 e. The molecule has 0 atom stereocenters. The number of benzene rings is 1.